The number of alkyl carbamates (subject to hydrolysis) is 2. The predicted molar refractivity (Wildman–Crippen MR) is 243 cm³/mol. The lowest BCUT2D eigenvalue weighted by atomic mass is 9.50. The van der Waals surface area contributed by atoms with Gasteiger partial charge in [0.1, 0.15) is 18.0 Å². The Labute approximate surface area is 387 Å². The summed E-state index contributed by atoms with van der Waals surface area (Å²) in [5, 5.41) is 9.19. The van der Waals surface area contributed by atoms with E-state index < -0.39 is 35.5 Å². The third kappa shape index (κ3) is 9.12. The van der Waals surface area contributed by atoms with E-state index in [1.807, 2.05) is 69.3 Å². The minimum absolute atomic E-state index is 0.00282. The highest BCUT2D eigenvalue weighted by atomic mass is 17.3. The number of fused-ring (bicyclic) bond motifs is 3. The number of piperidine rings is 1. The predicted octanol–water partition coefficient (Wildman–Crippen LogP) is 9.22. The average molecular weight is 905 g/mol. The van der Waals surface area contributed by atoms with E-state index >= 15 is 0 Å². The first-order valence-corrected chi connectivity index (χ1v) is 24.3. The number of likely N-dealkylation sites (tertiary alicyclic amines) is 1. The maximum absolute atomic E-state index is 13.2. The number of rotatable bonds is 10. The van der Waals surface area contributed by atoms with Gasteiger partial charge < -0.3 is 39.8 Å². The SMILES string of the molecule is CC(C)(C)OC(=O)NCCCC(=O)NC12CC3C[C@H](C1)[C@]1(OO[C@@]4(CCC[C@@H](c5ccc(OC(=O)N6CCC(NC(=O)OCC7c8ccccc8-c8ccccc87)CC6)cc5)C4)O1)[C@@H](C3)C2. The summed E-state index contributed by atoms with van der Waals surface area (Å²) in [4.78, 5) is 65.8. The third-order valence-electron chi connectivity index (χ3n) is 15.3. The smallest absolute Gasteiger partial charge is 0.415 e. The van der Waals surface area contributed by atoms with Gasteiger partial charge in [0.15, 0.2) is 0 Å². The minimum atomic E-state index is -0.840. The van der Waals surface area contributed by atoms with Crippen LogP contribution in [0.5, 0.6) is 5.75 Å². The Balaban J connectivity index is 0.670. The van der Waals surface area contributed by atoms with Crippen molar-refractivity contribution < 1.29 is 47.9 Å². The average Bonchev–Trinajstić information content (AvgIpc) is 3.81. The molecule has 5 saturated carbocycles. The summed E-state index contributed by atoms with van der Waals surface area (Å²) in [6.45, 7) is 7.04. The van der Waals surface area contributed by atoms with Crippen molar-refractivity contribution in [1.82, 2.24) is 20.9 Å². The topological polar surface area (TPSA) is 163 Å². The highest BCUT2D eigenvalue weighted by molar-refractivity contribution is 5.79. The highest BCUT2D eigenvalue weighted by Gasteiger charge is 2.70. The molecule has 0 aromatic heterocycles. The maximum atomic E-state index is 13.2. The monoisotopic (exact) mass is 904 g/mol. The Morgan fingerprint density at radius 3 is 2.17 bits per heavy atom. The zero-order chi connectivity index (χ0) is 45.7. The van der Waals surface area contributed by atoms with Gasteiger partial charge in [-0.25, -0.2) is 14.4 Å². The van der Waals surface area contributed by atoms with Crippen LogP contribution in [0.15, 0.2) is 72.8 Å². The molecule has 4 bridgehead atoms. The molecule has 2 spiro atoms. The maximum Gasteiger partial charge on any atom is 0.415 e. The number of ether oxygens (including phenoxy) is 4. The van der Waals surface area contributed by atoms with E-state index in [1.165, 1.54) is 22.3 Å². The van der Waals surface area contributed by atoms with Gasteiger partial charge >= 0.3 is 18.3 Å². The van der Waals surface area contributed by atoms with Crippen LogP contribution in [0.25, 0.3) is 11.1 Å². The van der Waals surface area contributed by atoms with Gasteiger partial charge in [0, 0.05) is 68.2 Å². The first-order valence-electron chi connectivity index (χ1n) is 24.3. The van der Waals surface area contributed by atoms with E-state index in [2.05, 4.69) is 40.2 Å². The Bertz CT molecular complexity index is 2240. The number of hydrogen-bond donors (Lipinski definition) is 3. The fourth-order valence-electron chi connectivity index (χ4n) is 12.6. The lowest BCUT2D eigenvalue weighted by Crippen LogP contribution is -2.69. The zero-order valence-corrected chi connectivity index (χ0v) is 38.4. The van der Waals surface area contributed by atoms with Crippen molar-refractivity contribution >= 4 is 24.2 Å². The molecule has 6 aliphatic carbocycles. The second kappa shape index (κ2) is 17.8. The first-order chi connectivity index (χ1) is 31.8. The molecule has 2 saturated heterocycles. The van der Waals surface area contributed by atoms with Gasteiger partial charge in [-0.15, -0.1) is 0 Å². The summed E-state index contributed by atoms with van der Waals surface area (Å²) in [5.74, 6) is -0.241. The number of nitrogens with zero attached hydrogens (tertiary/aromatic N) is 1. The molecule has 7 fully saturated rings. The molecule has 3 N–H and O–H groups in total. The van der Waals surface area contributed by atoms with Crippen LogP contribution in [-0.2, 0) is 28.8 Å². The van der Waals surface area contributed by atoms with E-state index in [0.717, 1.165) is 56.9 Å². The molecule has 14 nitrogen and oxygen atoms in total. The minimum Gasteiger partial charge on any atom is -0.449 e. The van der Waals surface area contributed by atoms with Crippen LogP contribution in [0.2, 0.25) is 0 Å². The standard InChI is InChI=1S/C52H64N4O10/c1-49(2,3)63-46(58)53-23-9-15-45(57)55-50-28-33-26-36(30-50)52(37(27-33)31-50)64-51(65-66-52)22-8-10-35(29-51)34-16-18-39(19-17-34)62-48(60)56-24-20-38(21-25-56)54-47(59)61-32-44-42-13-6-4-11-40(42)41-12-5-7-14-43(41)44/h4-7,11-14,16-19,33,35-38,44H,8-10,15,20-32H2,1-3H3,(H,53,58)(H,54,59)(H,55,57)/t33?,35-,36-,37+,50?,51-,52+/m1/s1. The quantitative estimate of drug-likeness (QED) is 0.132. The van der Waals surface area contributed by atoms with Crippen LogP contribution in [0.3, 0.4) is 0 Å². The van der Waals surface area contributed by atoms with Crippen LogP contribution in [-0.4, -0.2) is 84.1 Å². The normalized spacial score (nSPS) is 29.9. The van der Waals surface area contributed by atoms with Crippen molar-refractivity contribution in [2.75, 3.05) is 26.2 Å². The summed E-state index contributed by atoms with van der Waals surface area (Å²) in [5.41, 5.74) is 5.01. The molecular formula is C52H64N4O10. The Kier molecular flexibility index (Phi) is 12.0. The lowest BCUT2D eigenvalue weighted by molar-refractivity contribution is -0.391. The number of benzene rings is 3. The van der Waals surface area contributed by atoms with Crippen molar-refractivity contribution in [3.8, 4) is 16.9 Å². The number of nitrogens with one attached hydrogen (secondary N) is 3. The van der Waals surface area contributed by atoms with Crippen molar-refractivity contribution in [1.29, 1.82) is 0 Å². The van der Waals surface area contributed by atoms with E-state index in [4.69, 9.17) is 28.7 Å². The van der Waals surface area contributed by atoms with Gasteiger partial charge in [0.05, 0.1) is 0 Å². The van der Waals surface area contributed by atoms with Crippen molar-refractivity contribution in [3.63, 3.8) is 0 Å². The molecule has 8 aliphatic rings. The Hall–Kier alpha value is -5.18. The molecule has 352 valence electrons. The summed E-state index contributed by atoms with van der Waals surface area (Å²) < 4.78 is 24.0. The van der Waals surface area contributed by atoms with E-state index in [1.54, 1.807) is 4.90 Å². The van der Waals surface area contributed by atoms with E-state index in [-0.39, 0.29) is 47.8 Å². The highest BCUT2D eigenvalue weighted by Crippen LogP contribution is 2.65. The lowest BCUT2D eigenvalue weighted by Gasteiger charge is -2.62. The summed E-state index contributed by atoms with van der Waals surface area (Å²) in [6.07, 6.45) is 8.62. The fraction of sp³-hybridized carbons (Fsp3) is 0.577. The van der Waals surface area contributed by atoms with Gasteiger partial charge in [-0.2, -0.15) is 9.78 Å². The molecule has 7 atom stereocenters. The molecule has 2 unspecified atom stereocenters. The molecule has 4 amide bonds. The Morgan fingerprint density at radius 1 is 0.803 bits per heavy atom. The molecule has 2 heterocycles. The largest absolute Gasteiger partial charge is 0.449 e. The van der Waals surface area contributed by atoms with Crippen molar-refractivity contribution in [2.24, 2.45) is 17.8 Å². The first kappa shape index (κ1) is 44.6. The third-order valence-corrected chi connectivity index (χ3v) is 15.3. The van der Waals surface area contributed by atoms with Gasteiger partial charge in [-0.1, -0.05) is 60.7 Å². The second-order valence-electron chi connectivity index (χ2n) is 21.1. The van der Waals surface area contributed by atoms with Crippen LogP contribution in [0.1, 0.15) is 133 Å². The molecular weight excluding hydrogens is 841 g/mol. The molecule has 3 aromatic rings. The summed E-state index contributed by atoms with van der Waals surface area (Å²) in [7, 11) is 0. The zero-order valence-electron chi connectivity index (χ0n) is 38.4. The van der Waals surface area contributed by atoms with Crippen LogP contribution in [0.4, 0.5) is 14.4 Å². The molecule has 2 aliphatic heterocycles. The van der Waals surface area contributed by atoms with Gasteiger partial charge in [0.25, 0.3) is 0 Å². The number of amides is 4. The van der Waals surface area contributed by atoms with Crippen LogP contribution >= 0.6 is 0 Å². The molecule has 66 heavy (non-hydrogen) atoms. The van der Waals surface area contributed by atoms with Gasteiger partial charge in [-0.05, 0) is 137 Å². The Morgan fingerprint density at radius 2 is 1.48 bits per heavy atom. The van der Waals surface area contributed by atoms with E-state index in [0.29, 0.717) is 63.4 Å². The van der Waals surface area contributed by atoms with Crippen molar-refractivity contribution in [2.45, 2.75) is 145 Å². The fourth-order valence-corrected chi connectivity index (χ4v) is 12.6. The number of carbonyl (C=O) groups excluding carboxylic acids is 4. The van der Waals surface area contributed by atoms with Crippen LogP contribution < -0.4 is 20.7 Å². The van der Waals surface area contributed by atoms with E-state index in [9.17, 15) is 19.2 Å². The summed E-state index contributed by atoms with van der Waals surface area (Å²) in [6, 6.07) is 24.2. The molecule has 3 aromatic carbocycles. The molecule has 0 radical (unpaired) electrons. The van der Waals surface area contributed by atoms with Crippen LogP contribution in [0, 0.1) is 17.8 Å². The summed E-state index contributed by atoms with van der Waals surface area (Å²) >= 11 is 0. The molecule has 14 heteroatoms. The van der Waals surface area contributed by atoms with Crippen molar-refractivity contribution in [3.05, 3.63) is 89.5 Å². The van der Waals surface area contributed by atoms with Gasteiger partial charge in [0.2, 0.25) is 17.5 Å². The molecule has 11 rings (SSSR count). The number of carbonyl (C=O) groups is 4. The number of hydrogen-bond acceptors (Lipinski definition) is 10. The second-order valence-corrected chi connectivity index (χ2v) is 21.1. The van der Waals surface area contributed by atoms with Gasteiger partial charge in [-0.3, -0.25) is 4.79 Å².